The number of aromatic nitrogens is 1. The van der Waals surface area contributed by atoms with Crippen molar-refractivity contribution in [3.8, 4) is 11.3 Å². The van der Waals surface area contributed by atoms with Crippen molar-refractivity contribution in [2.45, 2.75) is 24.7 Å². The lowest BCUT2D eigenvalue weighted by molar-refractivity contribution is -0.132. The molecule has 3 aromatic rings. The molecule has 0 aliphatic carbocycles. The van der Waals surface area contributed by atoms with E-state index in [2.05, 4.69) is 4.98 Å². The average molecular weight is 474 g/mol. The van der Waals surface area contributed by atoms with Crippen molar-refractivity contribution < 1.29 is 17.6 Å². The van der Waals surface area contributed by atoms with E-state index in [1.165, 1.54) is 4.31 Å². The zero-order chi connectivity index (χ0) is 22.7. The van der Waals surface area contributed by atoms with Crippen molar-refractivity contribution in [2.75, 3.05) is 26.2 Å². The molecule has 0 spiro atoms. The minimum atomic E-state index is -3.55. The molecule has 4 rings (SSSR count). The van der Waals surface area contributed by atoms with Crippen LogP contribution in [-0.2, 0) is 21.2 Å². The summed E-state index contributed by atoms with van der Waals surface area (Å²) in [7, 11) is -3.55. The van der Waals surface area contributed by atoms with Gasteiger partial charge in [-0.2, -0.15) is 4.31 Å². The Morgan fingerprint density at radius 3 is 2.44 bits per heavy atom. The molecule has 2 heterocycles. The number of piperazine rings is 1. The number of rotatable bonds is 6. The largest absolute Gasteiger partial charge is 0.441 e. The molecule has 0 N–H and O–H groups in total. The zero-order valence-corrected chi connectivity index (χ0v) is 19.3. The maximum atomic E-state index is 12.8. The number of oxazole rings is 1. The van der Waals surface area contributed by atoms with E-state index < -0.39 is 10.0 Å². The molecule has 1 aliphatic heterocycles. The molecular weight excluding hydrogens is 450 g/mol. The van der Waals surface area contributed by atoms with Crippen molar-refractivity contribution in [3.63, 3.8) is 0 Å². The summed E-state index contributed by atoms with van der Waals surface area (Å²) in [6.07, 6.45) is 2.22. The Morgan fingerprint density at radius 2 is 1.75 bits per heavy atom. The van der Waals surface area contributed by atoms with Gasteiger partial charge >= 0.3 is 0 Å². The Balaban J connectivity index is 1.31. The number of carbonyl (C=O) groups is 1. The highest BCUT2D eigenvalue weighted by atomic mass is 35.5. The van der Waals surface area contributed by atoms with Crippen LogP contribution in [0.1, 0.15) is 17.9 Å². The van der Waals surface area contributed by atoms with Gasteiger partial charge in [-0.05, 0) is 31.2 Å². The number of hydrogen-bond donors (Lipinski definition) is 0. The van der Waals surface area contributed by atoms with Gasteiger partial charge in [0, 0.05) is 44.6 Å². The molecule has 1 fully saturated rings. The molecule has 0 unspecified atom stereocenters. The van der Waals surface area contributed by atoms with Gasteiger partial charge in [-0.1, -0.05) is 41.4 Å². The van der Waals surface area contributed by atoms with E-state index in [1.807, 2.05) is 25.1 Å². The smallest absolute Gasteiger partial charge is 0.243 e. The summed E-state index contributed by atoms with van der Waals surface area (Å²) in [5, 5.41) is 0.574. The number of aryl methyl sites for hydroxylation is 2. The summed E-state index contributed by atoms with van der Waals surface area (Å²) in [5.41, 5.74) is 1.76. The second kappa shape index (κ2) is 9.44. The predicted octanol–water partition coefficient (Wildman–Crippen LogP) is 3.77. The van der Waals surface area contributed by atoms with Crippen molar-refractivity contribution in [3.05, 3.63) is 71.2 Å². The average Bonchev–Trinajstić information content (AvgIpc) is 3.27. The maximum Gasteiger partial charge on any atom is 0.243 e. The third-order valence-corrected chi connectivity index (χ3v) is 7.74. The van der Waals surface area contributed by atoms with Gasteiger partial charge in [-0.15, -0.1) is 0 Å². The minimum absolute atomic E-state index is 0.0464. The molecule has 0 bridgehead atoms. The summed E-state index contributed by atoms with van der Waals surface area (Å²) >= 11 is 6.19. The molecule has 32 heavy (non-hydrogen) atoms. The summed E-state index contributed by atoms with van der Waals surface area (Å²) in [6.45, 7) is 3.19. The summed E-state index contributed by atoms with van der Waals surface area (Å²) < 4.78 is 32.8. The van der Waals surface area contributed by atoms with Crippen LogP contribution in [0.25, 0.3) is 11.3 Å². The van der Waals surface area contributed by atoms with Crippen LogP contribution in [0.3, 0.4) is 0 Å². The number of benzene rings is 2. The zero-order valence-electron chi connectivity index (χ0n) is 17.7. The quantitative estimate of drug-likeness (QED) is 0.544. The topological polar surface area (TPSA) is 83.7 Å². The van der Waals surface area contributed by atoms with Crippen LogP contribution in [-0.4, -0.2) is 54.7 Å². The van der Waals surface area contributed by atoms with Gasteiger partial charge in [0.1, 0.15) is 0 Å². The third kappa shape index (κ3) is 4.87. The number of halogens is 1. The number of amides is 1. The molecule has 7 nitrogen and oxygen atoms in total. The normalized spacial score (nSPS) is 15.1. The molecule has 1 aromatic heterocycles. The van der Waals surface area contributed by atoms with Gasteiger partial charge in [-0.3, -0.25) is 4.79 Å². The van der Waals surface area contributed by atoms with Crippen LogP contribution in [0.2, 0.25) is 5.02 Å². The van der Waals surface area contributed by atoms with E-state index in [0.29, 0.717) is 36.2 Å². The second-order valence-corrected chi connectivity index (χ2v) is 10.0. The number of carbonyl (C=O) groups excluding carboxylic acids is 1. The van der Waals surface area contributed by atoms with E-state index in [0.717, 1.165) is 11.1 Å². The number of nitrogens with zero attached hydrogens (tertiary/aromatic N) is 3. The van der Waals surface area contributed by atoms with Crippen LogP contribution in [0, 0.1) is 6.92 Å². The van der Waals surface area contributed by atoms with E-state index in [1.54, 1.807) is 41.4 Å². The van der Waals surface area contributed by atoms with Crippen molar-refractivity contribution in [2.24, 2.45) is 0 Å². The first kappa shape index (κ1) is 22.5. The fourth-order valence-corrected chi connectivity index (χ4v) is 5.27. The highest BCUT2D eigenvalue weighted by Crippen LogP contribution is 2.28. The van der Waals surface area contributed by atoms with Crippen LogP contribution >= 0.6 is 11.6 Å². The number of sulfonamides is 1. The lowest BCUT2D eigenvalue weighted by atomic mass is 10.2. The van der Waals surface area contributed by atoms with E-state index in [4.69, 9.17) is 16.0 Å². The lowest BCUT2D eigenvalue weighted by Gasteiger charge is -2.34. The van der Waals surface area contributed by atoms with Crippen LogP contribution in [0.5, 0.6) is 0 Å². The molecule has 1 saturated heterocycles. The fraction of sp³-hybridized carbons (Fsp3) is 0.304. The van der Waals surface area contributed by atoms with Gasteiger partial charge in [0.2, 0.25) is 15.9 Å². The van der Waals surface area contributed by atoms with Crippen molar-refractivity contribution in [1.29, 1.82) is 0 Å². The van der Waals surface area contributed by atoms with Gasteiger partial charge in [0.25, 0.3) is 0 Å². The minimum Gasteiger partial charge on any atom is -0.441 e. The first-order valence-electron chi connectivity index (χ1n) is 10.4. The Labute approximate surface area is 192 Å². The van der Waals surface area contributed by atoms with E-state index in [-0.39, 0.29) is 30.3 Å². The maximum absolute atomic E-state index is 12.8. The molecule has 0 saturated carbocycles. The predicted molar refractivity (Wildman–Crippen MR) is 122 cm³/mol. The molecular formula is C23H24ClN3O4S. The highest BCUT2D eigenvalue weighted by Gasteiger charge is 2.30. The van der Waals surface area contributed by atoms with Crippen LogP contribution < -0.4 is 0 Å². The van der Waals surface area contributed by atoms with Crippen LogP contribution in [0.15, 0.2) is 64.0 Å². The standard InChI is InChI=1S/C23H24ClN3O4S/c1-17-6-8-18(9-7-17)32(29,30)27-14-12-26(13-15-27)23(28)11-10-22-25-16-21(31-22)19-4-2-3-5-20(19)24/h2-9,16H,10-15H2,1H3. The SMILES string of the molecule is Cc1ccc(S(=O)(=O)N2CCN(C(=O)CCc3ncc(-c4ccccc4Cl)o3)CC2)cc1. The molecule has 2 aromatic carbocycles. The summed E-state index contributed by atoms with van der Waals surface area (Å²) in [6, 6.07) is 14.1. The van der Waals surface area contributed by atoms with Gasteiger partial charge < -0.3 is 9.32 Å². The third-order valence-electron chi connectivity index (χ3n) is 5.50. The molecule has 168 valence electrons. The number of hydrogen-bond acceptors (Lipinski definition) is 5. The Hall–Kier alpha value is -2.68. The lowest BCUT2D eigenvalue weighted by Crippen LogP contribution is -2.50. The fourth-order valence-electron chi connectivity index (χ4n) is 3.62. The first-order valence-corrected chi connectivity index (χ1v) is 12.2. The van der Waals surface area contributed by atoms with Gasteiger partial charge in [0.15, 0.2) is 11.7 Å². The summed E-state index contributed by atoms with van der Waals surface area (Å²) in [4.78, 5) is 18.9. The second-order valence-electron chi connectivity index (χ2n) is 7.70. The van der Waals surface area contributed by atoms with Gasteiger partial charge in [0.05, 0.1) is 16.1 Å². The van der Waals surface area contributed by atoms with Crippen molar-refractivity contribution in [1.82, 2.24) is 14.2 Å². The molecule has 9 heteroatoms. The molecule has 0 atom stereocenters. The van der Waals surface area contributed by atoms with Crippen molar-refractivity contribution >= 4 is 27.5 Å². The molecule has 1 aliphatic rings. The van der Waals surface area contributed by atoms with E-state index in [9.17, 15) is 13.2 Å². The Bertz CT molecular complexity index is 1200. The van der Waals surface area contributed by atoms with Gasteiger partial charge in [-0.25, -0.2) is 13.4 Å². The summed E-state index contributed by atoms with van der Waals surface area (Å²) in [5.74, 6) is 0.983. The monoisotopic (exact) mass is 473 g/mol. The molecule has 1 amide bonds. The van der Waals surface area contributed by atoms with E-state index >= 15 is 0 Å². The Morgan fingerprint density at radius 1 is 1.06 bits per heavy atom. The Kier molecular flexibility index (Phi) is 6.64. The highest BCUT2D eigenvalue weighted by molar-refractivity contribution is 7.89. The molecule has 0 radical (unpaired) electrons. The van der Waals surface area contributed by atoms with Crippen LogP contribution in [0.4, 0.5) is 0 Å². The first-order chi connectivity index (χ1) is 15.3.